The molecule has 1 saturated heterocycles. The Morgan fingerprint density at radius 3 is 1.29 bits per heavy atom. The molecule has 0 radical (unpaired) electrons. The Bertz CT molecular complexity index is 350. The molecule has 0 bridgehead atoms. The molecule has 5 nitrogen and oxygen atoms in total. The molecular weight excluding hydrogens is 220 g/mol. The van der Waals surface area contributed by atoms with E-state index in [9.17, 15) is 14.4 Å². The van der Waals surface area contributed by atoms with Crippen LogP contribution < -0.4 is 10.6 Å². The molecule has 2 N–H and O–H groups in total. The van der Waals surface area contributed by atoms with Gasteiger partial charge in [0.25, 0.3) is 0 Å². The van der Waals surface area contributed by atoms with Crippen molar-refractivity contribution in [3.05, 3.63) is 0 Å². The Morgan fingerprint density at radius 1 is 0.765 bits per heavy atom. The van der Waals surface area contributed by atoms with Gasteiger partial charge in [0.15, 0.2) is 0 Å². The van der Waals surface area contributed by atoms with Crippen molar-refractivity contribution in [3.8, 4) is 0 Å². The van der Waals surface area contributed by atoms with Gasteiger partial charge in [-0.1, -0.05) is 41.5 Å². The highest BCUT2D eigenvalue weighted by Crippen LogP contribution is 2.52. The number of carbonyl (C=O) groups excluding carboxylic acids is 3. The van der Waals surface area contributed by atoms with E-state index < -0.39 is 34.1 Å². The Morgan fingerprint density at radius 2 is 1.06 bits per heavy atom. The van der Waals surface area contributed by atoms with Gasteiger partial charge in [0.1, 0.15) is 5.41 Å². The molecule has 1 heterocycles. The molecule has 5 heteroatoms. The van der Waals surface area contributed by atoms with Gasteiger partial charge in [-0.25, -0.2) is 4.79 Å². The molecule has 0 unspecified atom stereocenters. The number of imide groups is 2. The van der Waals surface area contributed by atoms with Crippen molar-refractivity contribution in [1.82, 2.24) is 10.6 Å². The van der Waals surface area contributed by atoms with E-state index in [1.807, 2.05) is 41.5 Å². The molecule has 0 atom stereocenters. The van der Waals surface area contributed by atoms with Crippen LogP contribution in [0.1, 0.15) is 41.5 Å². The third-order valence-electron chi connectivity index (χ3n) is 3.39. The predicted molar refractivity (Wildman–Crippen MR) is 63.0 cm³/mol. The lowest BCUT2D eigenvalue weighted by Crippen LogP contribution is -2.70. The van der Waals surface area contributed by atoms with Crippen molar-refractivity contribution in [2.24, 2.45) is 16.2 Å². The van der Waals surface area contributed by atoms with E-state index >= 15 is 0 Å². The van der Waals surface area contributed by atoms with Crippen LogP contribution >= 0.6 is 0 Å². The molecule has 1 fully saturated rings. The highest BCUT2D eigenvalue weighted by atomic mass is 16.2. The quantitative estimate of drug-likeness (QED) is 0.629. The second-order valence-electron chi connectivity index (χ2n) is 6.49. The topological polar surface area (TPSA) is 75.3 Å². The van der Waals surface area contributed by atoms with Crippen LogP contribution in [-0.2, 0) is 9.59 Å². The summed E-state index contributed by atoms with van der Waals surface area (Å²) >= 11 is 0. The molecule has 0 aromatic rings. The number of amides is 4. The van der Waals surface area contributed by atoms with Crippen molar-refractivity contribution < 1.29 is 14.4 Å². The standard InChI is InChI=1S/C12H20N2O3/c1-10(2,3)12(11(4,5)6)7(15)13-9(17)14-8(12)16/h1-6H3,(H2,13,14,15,16,17). The van der Waals surface area contributed by atoms with Crippen molar-refractivity contribution in [2.75, 3.05) is 0 Å². The highest BCUT2D eigenvalue weighted by molar-refractivity contribution is 6.20. The van der Waals surface area contributed by atoms with Crippen LogP contribution in [0.2, 0.25) is 0 Å². The Labute approximate surface area is 101 Å². The second kappa shape index (κ2) is 3.55. The Hall–Kier alpha value is -1.39. The molecule has 4 amide bonds. The second-order valence-corrected chi connectivity index (χ2v) is 6.49. The average Bonchev–Trinajstić information content (AvgIpc) is 1.94. The number of barbiturate groups is 1. The van der Waals surface area contributed by atoms with Gasteiger partial charge < -0.3 is 0 Å². The van der Waals surface area contributed by atoms with E-state index in [-0.39, 0.29) is 0 Å². The van der Waals surface area contributed by atoms with Gasteiger partial charge in [-0.2, -0.15) is 0 Å². The van der Waals surface area contributed by atoms with E-state index in [2.05, 4.69) is 10.6 Å². The molecule has 96 valence electrons. The first kappa shape index (κ1) is 13.7. The van der Waals surface area contributed by atoms with Crippen LogP contribution in [-0.4, -0.2) is 17.8 Å². The number of hydrogen-bond donors (Lipinski definition) is 2. The summed E-state index contributed by atoms with van der Waals surface area (Å²) in [5, 5.41) is 4.41. The van der Waals surface area contributed by atoms with Gasteiger partial charge in [0, 0.05) is 0 Å². The number of nitrogens with one attached hydrogen (secondary N) is 2. The van der Waals surface area contributed by atoms with E-state index in [1.165, 1.54) is 0 Å². The molecular formula is C12H20N2O3. The lowest BCUT2D eigenvalue weighted by molar-refractivity contribution is -0.163. The molecule has 0 aromatic heterocycles. The Balaban J connectivity index is 3.49. The summed E-state index contributed by atoms with van der Waals surface area (Å²) < 4.78 is 0. The maximum atomic E-state index is 12.2. The number of urea groups is 1. The summed E-state index contributed by atoms with van der Waals surface area (Å²) in [6.45, 7) is 11.0. The number of carbonyl (C=O) groups is 3. The first-order valence-corrected chi connectivity index (χ1v) is 5.61. The normalized spacial score (nSPS) is 20.9. The van der Waals surface area contributed by atoms with Gasteiger partial charge in [-0.3, -0.25) is 20.2 Å². The summed E-state index contributed by atoms with van der Waals surface area (Å²) in [4.78, 5) is 35.6. The van der Waals surface area contributed by atoms with Crippen LogP contribution in [0.4, 0.5) is 4.79 Å². The van der Waals surface area contributed by atoms with Gasteiger partial charge in [0.2, 0.25) is 11.8 Å². The van der Waals surface area contributed by atoms with E-state index in [0.29, 0.717) is 0 Å². The number of hydrogen-bond acceptors (Lipinski definition) is 3. The van der Waals surface area contributed by atoms with Gasteiger partial charge >= 0.3 is 6.03 Å². The molecule has 1 aliphatic heterocycles. The fraction of sp³-hybridized carbons (Fsp3) is 0.750. The summed E-state index contributed by atoms with van der Waals surface area (Å²) in [5.41, 5.74) is -2.46. The van der Waals surface area contributed by atoms with Crippen LogP contribution in [0.5, 0.6) is 0 Å². The molecule has 0 aliphatic carbocycles. The smallest absolute Gasteiger partial charge is 0.277 e. The SMILES string of the molecule is CC(C)(C)C1(C(C)(C)C)C(=O)NC(=O)NC1=O. The van der Waals surface area contributed by atoms with Gasteiger partial charge in [-0.05, 0) is 10.8 Å². The van der Waals surface area contributed by atoms with Crippen LogP contribution in [0.3, 0.4) is 0 Å². The maximum absolute atomic E-state index is 12.2. The average molecular weight is 240 g/mol. The minimum absolute atomic E-state index is 0.522. The zero-order chi connectivity index (χ0) is 13.6. The Kier molecular flexibility index (Phi) is 2.86. The van der Waals surface area contributed by atoms with Gasteiger partial charge in [-0.15, -0.1) is 0 Å². The van der Waals surface area contributed by atoms with Crippen molar-refractivity contribution in [1.29, 1.82) is 0 Å². The van der Waals surface area contributed by atoms with Crippen LogP contribution in [0, 0.1) is 16.2 Å². The van der Waals surface area contributed by atoms with Crippen molar-refractivity contribution >= 4 is 17.8 Å². The van der Waals surface area contributed by atoms with E-state index in [4.69, 9.17) is 0 Å². The van der Waals surface area contributed by atoms with Crippen molar-refractivity contribution in [2.45, 2.75) is 41.5 Å². The summed E-state index contributed by atoms with van der Waals surface area (Å²) in [6.07, 6.45) is 0. The summed E-state index contributed by atoms with van der Waals surface area (Å²) in [7, 11) is 0. The van der Waals surface area contributed by atoms with Crippen LogP contribution in [0.25, 0.3) is 0 Å². The molecule has 0 aromatic carbocycles. The fourth-order valence-corrected chi connectivity index (χ4v) is 3.02. The monoisotopic (exact) mass is 240 g/mol. The zero-order valence-electron chi connectivity index (χ0n) is 11.2. The zero-order valence-corrected chi connectivity index (χ0v) is 11.2. The first-order valence-electron chi connectivity index (χ1n) is 5.61. The van der Waals surface area contributed by atoms with E-state index in [1.54, 1.807) is 0 Å². The molecule has 1 aliphatic rings. The van der Waals surface area contributed by atoms with Crippen molar-refractivity contribution in [3.63, 3.8) is 0 Å². The molecule has 0 saturated carbocycles. The van der Waals surface area contributed by atoms with E-state index in [0.717, 1.165) is 0 Å². The van der Waals surface area contributed by atoms with Crippen LogP contribution in [0.15, 0.2) is 0 Å². The summed E-state index contributed by atoms with van der Waals surface area (Å²) in [6, 6.07) is -0.746. The summed E-state index contributed by atoms with van der Waals surface area (Å²) in [5.74, 6) is -1.04. The third-order valence-corrected chi connectivity index (χ3v) is 3.39. The maximum Gasteiger partial charge on any atom is 0.328 e. The lowest BCUT2D eigenvalue weighted by Gasteiger charge is -2.51. The molecule has 17 heavy (non-hydrogen) atoms. The fourth-order valence-electron chi connectivity index (χ4n) is 3.02. The van der Waals surface area contributed by atoms with Gasteiger partial charge in [0.05, 0.1) is 0 Å². The third kappa shape index (κ3) is 1.73. The molecule has 1 rings (SSSR count). The molecule has 0 spiro atoms. The largest absolute Gasteiger partial charge is 0.328 e. The number of rotatable bonds is 0. The highest BCUT2D eigenvalue weighted by Gasteiger charge is 2.64. The lowest BCUT2D eigenvalue weighted by atomic mass is 9.52. The first-order chi connectivity index (χ1) is 7.44. The predicted octanol–water partition coefficient (Wildman–Crippen LogP) is 1.43. The minimum atomic E-state index is -1.27. The minimum Gasteiger partial charge on any atom is -0.277 e.